The highest BCUT2D eigenvalue weighted by Crippen LogP contribution is 2.30. The van der Waals surface area contributed by atoms with Crippen molar-refractivity contribution < 1.29 is 19.1 Å². The van der Waals surface area contributed by atoms with Gasteiger partial charge in [0, 0.05) is 22.4 Å². The predicted octanol–water partition coefficient (Wildman–Crippen LogP) is 5.15. The number of rotatable bonds is 7. The van der Waals surface area contributed by atoms with Crippen LogP contribution < -0.4 is 14.8 Å². The number of hydrogen-bond acceptors (Lipinski definition) is 6. The second kappa shape index (κ2) is 10.1. The maximum atomic E-state index is 12.4. The molecule has 3 rings (SSSR count). The lowest BCUT2D eigenvalue weighted by Gasteiger charge is -2.23. The average Bonchev–Trinajstić information content (AvgIpc) is 2.76. The van der Waals surface area contributed by atoms with Crippen LogP contribution in [0.1, 0.15) is 38.8 Å². The van der Waals surface area contributed by atoms with Gasteiger partial charge in [0.15, 0.2) is 11.5 Å². The molecule has 8 heteroatoms. The van der Waals surface area contributed by atoms with Crippen molar-refractivity contribution in [2.45, 2.75) is 34.2 Å². The van der Waals surface area contributed by atoms with Crippen molar-refractivity contribution in [3.63, 3.8) is 0 Å². The van der Waals surface area contributed by atoms with Crippen LogP contribution in [-0.4, -0.2) is 41.3 Å². The molecule has 2 aromatic rings. The Morgan fingerprint density at radius 3 is 2.50 bits per heavy atom. The van der Waals surface area contributed by atoms with Crippen molar-refractivity contribution in [1.82, 2.24) is 5.01 Å². The van der Waals surface area contributed by atoms with Crippen molar-refractivity contribution in [3.05, 3.63) is 53.6 Å². The number of hydrazone groups is 1. The summed E-state index contributed by atoms with van der Waals surface area (Å²) in [6, 6.07) is 13.1. The monoisotopic (exact) mass is 455 g/mol. The largest absolute Gasteiger partial charge is 0.493 e. The molecule has 1 N–H and O–H groups in total. The lowest BCUT2D eigenvalue weighted by molar-refractivity contribution is -0.123. The summed E-state index contributed by atoms with van der Waals surface area (Å²) < 4.78 is 11.0. The zero-order chi connectivity index (χ0) is 23.3. The molecule has 0 bridgehead atoms. The van der Waals surface area contributed by atoms with E-state index in [4.69, 9.17) is 9.47 Å². The van der Waals surface area contributed by atoms with Gasteiger partial charge in [-0.05, 0) is 42.8 Å². The summed E-state index contributed by atoms with van der Waals surface area (Å²) >= 11 is 1.22. The lowest BCUT2D eigenvalue weighted by Crippen LogP contribution is -2.29. The summed E-state index contributed by atoms with van der Waals surface area (Å²) in [4.78, 5) is 24.6. The van der Waals surface area contributed by atoms with E-state index in [1.807, 2.05) is 70.2 Å². The summed E-state index contributed by atoms with van der Waals surface area (Å²) in [6.45, 7) is 8.39. The SMILES string of the molecule is CCOc1cc(C2=NN(Cc3ccc(NC(=O)C(C)(C)C)cc3)C(=O)SC2)ccc1OC. The molecule has 1 aliphatic heterocycles. The summed E-state index contributed by atoms with van der Waals surface area (Å²) in [5.41, 5.74) is 2.86. The maximum absolute atomic E-state index is 12.4. The number of nitrogens with one attached hydrogen (secondary N) is 1. The molecule has 0 aromatic heterocycles. The van der Waals surface area contributed by atoms with Crippen LogP contribution in [0.2, 0.25) is 0 Å². The van der Waals surface area contributed by atoms with Gasteiger partial charge in [-0.15, -0.1) is 0 Å². The van der Waals surface area contributed by atoms with E-state index in [0.29, 0.717) is 30.4 Å². The van der Waals surface area contributed by atoms with E-state index in [1.54, 1.807) is 7.11 Å². The van der Waals surface area contributed by atoms with Crippen molar-refractivity contribution >= 4 is 34.3 Å². The van der Waals surface area contributed by atoms with Gasteiger partial charge in [0.05, 0.1) is 26.0 Å². The van der Waals surface area contributed by atoms with Gasteiger partial charge in [0.1, 0.15) is 0 Å². The molecule has 0 fully saturated rings. The highest BCUT2D eigenvalue weighted by Gasteiger charge is 2.24. The van der Waals surface area contributed by atoms with Crippen LogP contribution in [0.3, 0.4) is 0 Å². The van der Waals surface area contributed by atoms with Crippen molar-refractivity contribution in [2.24, 2.45) is 10.5 Å². The number of anilines is 1. The van der Waals surface area contributed by atoms with Gasteiger partial charge in [-0.1, -0.05) is 44.7 Å². The molecular weight excluding hydrogens is 426 g/mol. The van der Waals surface area contributed by atoms with E-state index >= 15 is 0 Å². The first-order valence-corrected chi connectivity index (χ1v) is 11.4. The summed E-state index contributed by atoms with van der Waals surface area (Å²) in [6.07, 6.45) is 0. The minimum Gasteiger partial charge on any atom is -0.493 e. The molecule has 1 aliphatic rings. The number of carbonyl (C=O) groups excluding carboxylic acids is 2. The van der Waals surface area contributed by atoms with Crippen LogP contribution in [0.4, 0.5) is 10.5 Å². The maximum Gasteiger partial charge on any atom is 0.302 e. The molecule has 32 heavy (non-hydrogen) atoms. The highest BCUT2D eigenvalue weighted by molar-refractivity contribution is 8.14. The average molecular weight is 456 g/mol. The molecule has 7 nitrogen and oxygen atoms in total. The highest BCUT2D eigenvalue weighted by atomic mass is 32.2. The molecular formula is C24H29N3O4S. The number of amides is 2. The Labute approximate surface area is 193 Å². The number of benzene rings is 2. The van der Waals surface area contributed by atoms with Crippen LogP contribution in [0.5, 0.6) is 11.5 Å². The Balaban J connectivity index is 1.75. The van der Waals surface area contributed by atoms with E-state index in [1.165, 1.54) is 16.8 Å². The predicted molar refractivity (Wildman–Crippen MR) is 129 cm³/mol. The van der Waals surface area contributed by atoms with Crippen LogP contribution in [0.15, 0.2) is 47.6 Å². The minimum atomic E-state index is -0.468. The Bertz CT molecular complexity index is 1010. The van der Waals surface area contributed by atoms with Crippen molar-refractivity contribution in [3.8, 4) is 11.5 Å². The molecule has 0 saturated carbocycles. The Morgan fingerprint density at radius 1 is 1.16 bits per heavy atom. The van der Waals surface area contributed by atoms with Crippen LogP contribution in [-0.2, 0) is 11.3 Å². The molecule has 0 radical (unpaired) electrons. The molecule has 1 heterocycles. The molecule has 0 atom stereocenters. The first-order valence-electron chi connectivity index (χ1n) is 10.4. The topological polar surface area (TPSA) is 80.2 Å². The standard InChI is InChI=1S/C24H29N3O4S/c1-6-31-21-13-17(9-12-20(21)30-5)19-15-32-23(29)27(26-19)14-16-7-10-18(11-8-16)25-22(28)24(2,3)4/h7-13H,6,14-15H2,1-5H3,(H,25,28). The number of ether oxygens (including phenoxy) is 2. The molecule has 170 valence electrons. The van der Waals surface area contributed by atoms with Gasteiger partial charge in [0.25, 0.3) is 0 Å². The molecule has 0 unspecified atom stereocenters. The second-order valence-electron chi connectivity index (χ2n) is 8.36. The smallest absolute Gasteiger partial charge is 0.302 e. The third-order valence-corrected chi connectivity index (χ3v) is 5.68. The first kappa shape index (κ1) is 23.7. The number of thioether (sulfide) groups is 1. The molecule has 2 amide bonds. The van der Waals surface area contributed by atoms with Gasteiger partial charge < -0.3 is 14.8 Å². The fraction of sp³-hybridized carbons (Fsp3) is 0.375. The number of nitrogens with zero attached hydrogens (tertiary/aromatic N) is 2. The third kappa shape index (κ3) is 5.82. The Kier molecular flexibility index (Phi) is 7.45. The fourth-order valence-corrected chi connectivity index (χ4v) is 3.71. The number of carbonyl (C=O) groups is 2. The van der Waals surface area contributed by atoms with Gasteiger partial charge in [-0.2, -0.15) is 5.10 Å². The lowest BCUT2D eigenvalue weighted by atomic mass is 9.95. The van der Waals surface area contributed by atoms with E-state index in [-0.39, 0.29) is 11.1 Å². The summed E-state index contributed by atoms with van der Waals surface area (Å²) in [7, 11) is 1.60. The van der Waals surface area contributed by atoms with Crippen molar-refractivity contribution in [1.29, 1.82) is 0 Å². The van der Waals surface area contributed by atoms with E-state index in [2.05, 4.69) is 10.4 Å². The summed E-state index contributed by atoms with van der Waals surface area (Å²) in [5, 5.41) is 8.87. The van der Waals surface area contributed by atoms with Crippen LogP contribution in [0.25, 0.3) is 0 Å². The number of methoxy groups -OCH3 is 1. The third-order valence-electron chi connectivity index (χ3n) is 4.81. The van der Waals surface area contributed by atoms with Crippen LogP contribution >= 0.6 is 11.8 Å². The van der Waals surface area contributed by atoms with E-state index < -0.39 is 5.41 Å². The van der Waals surface area contributed by atoms with E-state index in [0.717, 1.165) is 22.5 Å². The molecule has 0 aliphatic carbocycles. The minimum absolute atomic E-state index is 0.0481. The van der Waals surface area contributed by atoms with Gasteiger partial charge >= 0.3 is 5.24 Å². The van der Waals surface area contributed by atoms with Crippen molar-refractivity contribution in [2.75, 3.05) is 24.8 Å². The zero-order valence-electron chi connectivity index (χ0n) is 19.1. The quantitative estimate of drug-likeness (QED) is 0.624. The van der Waals surface area contributed by atoms with E-state index in [9.17, 15) is 9.59 Å². The fourth-order valence-electron chi connectivity index (χ4n) is 2.97. The molecule has 0 saturated heterocycles. The summed E-state index contributed by atoms with van der Waals surface area (Å²) in [5.74, 6) is 1.75. The zero-order valence-corrected chi connectivity index (χ0v) is 19.9. The van der Waals surface area contributed by atoms with Gasteiger partial charge in [-0.25, -0.2) is 5.01 Å². The van der Waals surface area contributed by atoms with Gasteiger partial charge in [-0.3, -0.25) is 9.59 Å². The molecule has 2 aromatic carbocycles. The van der Waals surface area contributed by atoms with Gasteiger partial charge in [0.2, 0.25) is 5.91 Å². The number of hydrogen-bond donors (Lipinski definition) is 1. The van der Waals surface area contributed by atoms with Crippen LogP contribution in [0, 0.1) is 5.41 Å². The second-order valence-corrected chi connectivity index (χ2v) is 9.29. The Morgan fingerprint density at radius 2 is 1.88 bits per heavy atom. The normalized spacial score (nSPS) is 14.1. The molecule has 0 spiro atoms. The first-order chi connectivity index (χ1) is 15.2. The Hall–Kier alpha value is -3.00.